The molecule has 12 heavy (non-hydrogen) atoms. The average molecular weight is 341 g/mol. The van der Waals surface area contributed by atoms with Crippen LogP contribution in [0.5, 0.6) is 5.75 Å². The van der Waals surface area contributed by atoms with Crippen LogP contribution in [0.3, 0.4) is 0 Å². The van der Waals surface area contributed by atoms with Crippen LogP contribution >= 0.6 is 38.5 Å². The summed E-state index contributed by atoms with van der Waals surface area (Å²) >= 11 is 5.51. The van der Waals surface area contributed by atoms with Crippen molar-refractivity contribution in [1.29, 1.82) is 0 Å². The highest BCUT2D eigenvalue weighted by atomic mass is 127. The quantitative estimate of drug-likeness (QED) is 0.661. The van der Waals surface area contributed by atoms with Crippen molar-refractivity contribution in [2.24, 2.45) is 0 Å². The van der Waals surface area contributed by atoms with Gasteiger partial charge >= 0.3 is 0 Å². The molecule has 66 valence electrons. The predicted molar refractivity (Wildman–Crippen MR) is 62.9 cm³/mol. The molecule has 0 aliphatic rings. The summed E-state index contributed by atoms with van der Waals surface area (Å²) in [4.78, 5) is 0. The van der Waals surface area contributed by atoms with Crippen LogP contribution in [0.2, 0.25) is 0 Å². The van der Waals surface area contributed by atoms with Gasteiger partial charge in [0.1, 0.15) is 5.75 Å². The summed E-state index contributed by atoms with van der Waals surface area (Å²) in [6.07, 6.45) is 2.00. The van der Waals surface area contributed by atoms with Crippen molar-refractivity contribution in [2.45, 2.75) is 12.8 Å². The molecule has 0 aliphatic carbocycles. The van der Waals surface area contributed by atoms with Gasteiger partial charge in [0.15, 0.2) is 0 Å². The van der Waals surface area contributed by atoms with Gasteiger partial charge in [-0.05, 0) is 47.1 Å². The first-order valence-corrected chi connectivity index (χ1v) is 5.98. The molecule has 0 aromatic heterocycles. The van der Waals surface area contributed by atoms with Crippen LogP contribution in [0.1, 0.15) is 12.0 Å². The van der Waals surface area contributed by atoms with Gasteiger partial charge < -0.3 is 5.11 Å². The summed E-state index contributed by atoms with van der Waals surface area (Å²) in [7, 11) is 0. The summed E-state index contributed by atoms with van der Waals surface area (Å²) in [5.74, 6) is 0.444. The van der Waals surface area contributed by atoms with Gasteiger partial charge in [0.2, 0.25) is 0 Å². The van der Waals surface area contributed by atoms with Crippen molar-refractivity contribution in [3.8, 4) is 5.75 Å². The number of aromatic hydroxyl groups is 1. The number of phenolic OH excluding ortho intramolecular Hbond substituents is 1. The van der Waals surface area contributed by atoms with Crippen molar-refractivity contribution < 1.29 is 5.11 Å². The van der Waals surface area contributed by atoms with E-state index in [-0.39, 0.29) is 0 Å². The monoisotopic (exact) mass is 340 g/mol. The fraction of sp³-hybridized carbons (Fsp3) is 0.333. The Bertz CT molecular complexity index is 263. The fourth-order valence-electron chi connectivity index (χ4n) is 1.02. The molecule has 0 saturated heterocycles. The lowest BCUT2D eigenvalue weighted by Gasteiger charge is -2.04. The third-order valence-electron chi connectivity index (χ3n) is 1.65. The van der Waals surface area contributed by atoms with Crippen LogP contribution in [-0.4, -0.2) is 10.4 Å². The van der Waals surface area contributed by atoms with Crippen LogP contribution < -0.4 is 0 Å². The van der Waals surface area contributed by atoms with E-state index >= 15 is 0 Å². The van der Waals surface area contributed by atoms with E-state index in [1.807, 2.05) is 18.2 Å². The first-order valence-electron chi connectivity index (χ1n) is 3.78. The minimum Gasteiger partial charge on any atom is -0.507 e. The SMILES string of the molecule is Oc1c(I)cccc1CCCBr. The molecule has 1 rings (SSSR count). The molecule has 1 aromatic carbocycles. The van der Waals surface area contributed by atoms with Crippen molar-refractivity contribution in [2.75, 3.05) is 5.33 Å². The number of hydrogen-bond acceptors (Lipinski definition) is 1. The highest BCUT2D eigenvalue weighted by Crippen LogP contribution is 2.24. The van der Waals surface area contributed by atoms with Crippen LogP contribution in [0.25, 0.3) is 0 Å². The van der Waals surface area contributed by atoms with Crippen molar-refractivity contribution in [1.82, 2.24) is 0 Å². The number of halogens is 2. The summed E-state index contributed by atoms with van der Waals surface area (Å²) in [5, 5.41) is 10.6. The summed E-state index contributed by atoms with van der Waals surface area (Å²) in [6.45, 7) is 0. The van der Waals surface area contributed by atoms with Crippen LogP contribution in [0, 0.1) is 3.57 Å². The molecule has 0 unspecified atom stereocenters. The van der Waals surface area contributed by atoms with E-state index in [4.69, 9.17) is 0 Å². The third kappa shape index (κ3) is 2.62. The van der Waals surface area contributed by atoms with Crippen LogP contribution in [0.15, 0.2) is 18.2 Å². The number of para-hydroxylation sites is 1. The second-order valence-corrected chi connectivity index (χ2v) is 4.50. The lowest BCUT2D eigenvalue weighted by molar-refractivity contribution is 0.464. The third-order valence-corrected chi connectivity index (χ3v) is 3.08. The Morgan fingerprint density at radius 3 is 2.83 bits per heavy atom. The van der Waals surface area contributed by atoms with Gasteiger partial charge in [-0.3, -0.25) is 0 Å². The molecule has 0 amide bonds. The van der Waals surface area contributed by atoms with Crippen molar-refractivity contribution in [3.05, 3.63) is 27.3 Å². The molecule has 1 aromatic rings. The summed E-state index contributed by atoms with van der Waals surface area (Å²) < 4.78 is 0.930. The zero-order valence-corrected chi connectivity index (χ0v) is 10.3. The molecule has 1 N–H and O–H groups in total. The first-order chi connectivity index (χ1) is 5.75. The molecule has 0 saturated carbocycles. The lowest BCUT2D eigenvalue weighted by Crippen LogP contribution is -1.88. The Morgan fingerprint density at radius 2 is 2.17 bits per heavy atom. The van der Waals surface area contributed by atoms with Gasteiger partial charge in [0.05, 0.1) is 3.57 Å². The zero-order valence-electron chi connectivity index (χ0n) is 6.56. The number of hydrogen-bond donors (Lipinski definition) is 1. The largest absolute Gasteiger partial charge is 0.507 e. The molecular weight excluding hydrogens is 331 g/mol. The Morgan fingerprint density at radius 1 is 1.42 bits per heavy atom. The predicted octanol–water partition coefficient (Wildman–Crippen LogP) is 3.32. The van der Waals surface area contributed by atoms with Gasteiger partial charge in [-0.1, -0.05) is 28.1 Å². The van der Waals surface area contributed by atoms with E-state index < -0.39 is 0 Å². The van der Waals surface area contributed by atoms with Gasteiger partial charge in [0.25, 0.3) is 0 Å². The Labute approximate surface area is 94.4 Å². The van der Waals surface area contributed by atoms with E-state index in [9.17, 15) is 5.11 Å². The zero-order chi connectivity index (χ0) is 8.97. The molecule has 0 atom stereocenters. The lowest BCUT2D eigenvalue weighted by atomic mass is 10.1. The number of phenols is 1. The topological polar surface area (TPSA) is 20.2 Å². The molecule has 1 nitrogen and oxygen atoms in total. The highest BCUT2D eigenvalue weighted by Gasteiger charge is 2.02. The van der Waals surface area contributed by atoms with E-state index in [1.165, 1.54) is 0 Å². The van der Waals surface area contributed by atoms with Crippen LogP contribution in [0.4, 0.5) is 0 Å². The maximum Gasteiger partial charge on any atom is 0.132 e. The molecular formula is C9H10BrIO. The number of aryl methyl sites for hydroxylation is 1. The van der Waals surface area contributed by atoms with E-state index in [0.29, 0.717) is 5.75 Å². The molecule has 0 heterocycles. The second-order valence-electron chi connectivity index (χ2n) is 2.54. The highest BCUT2D eigenvalue weighted by molar-refractivity contribution is 14.1. The minimum absolute atomic E-state index is 0.444. The standard InChI is InChI=1S/C9H10BrIO/c10-6-2-4-7-3-1-5-8(11)9(7)12/h1,3,5,12H,2,4,6H2. The van der Waals surface area contributed by atoms with E-state index in [1.54, 1.807) is 0 Å². The molecule has 0 fully saturated rings. The summed E-state index contributed by atoms with van der Waals surface area (Å²) in [5.41, 5.74) is 1.04. The van der Waals surface area contributed by atoms with Gasteiger partial charge in [-0.2, -0.15) is 0 Å². The van der Waals surface area contributed by atoms with Crippen molar-refractivity contribution >= 4 is 38.5 Å². The molecule has 0 spiro atoms. The fourth-order valence-corrected chi connectivity index (χ4v) is 1.85. The first kappa shape index (κ1) is 10.3. The molecule has 0 radical (unpaired) electrons. The van der Waals surface area contributed by atoms with E-state index in [2.05, 4.69) is 38.5 Å². The average Bonchev–Trinajstić information content (AvgIpc) is 2.08. The smallest absolute Gasteiger partial charge is 0.132 e. The Hall–Kier alpha value is 0.230. The van der Waals surface area contributed by atoms with Gasteiger partial charge in [-0.25, -0.2) is 0 Å². The van der Waals surface area contributed by atoms with E-state index in [0.717, 1.165) is 27.3 Å². The number of alkyl halides is 1. The Kier molecular flexibility index (Phi) is 4.35. The Balaban J connectivity index is 2.78. The maximum absolute atomic E-state index is 9.60. The number of rotatable bonds is 3. The van der Waals surface area contributed by atoms with Crippen LogP contribution in [-0.2, 0) is 6.42 Å². The minimum atomic E-state index is 0.444. The van der Waals surface area contributed by atoms with Crippen molar-refractivity contribution in [3.63, 3.8) is 0 Å². The second kappa shape index (κ2) is 5.07. The molecule has 3 heteroatoms. The maximum atomic E-state index is 9.60. The summed E-state index contributed by atoms with van der Waals surface area (Å²) in [6, 6.07) is 5.86. The molecule has 0 bridgehead atoms. The molecule has 0 aliphatic heterocycles. The number of benzene rings is 1. The van der Waals surface area contributed by atoms with Gasteiger partial charge in [-0.15, -0.1) is 0 Å². The van der Waals surface area contributed by atoms with Gasteiger partial charge in [0, 0.05) is 5.33 Å². The normalized spacial score (nSPS) is 10.2.